The fourth-order valence-electron chi connectivity index (χ4n) is 2.86. The first kappa shape index (κ1) is 25.9. The Balaban J connectivity index is 0. The van der Waals surface area contributed by atoms with Gasteiger partial charge < -0.3 is 11.1 Å². The van der Waals surface area contributed by atoms with E-state index < -0.39 is 0 Å². The van der Waals surface area contributed by atoms with Crippen molar-refractivity contribution in [2.24, 2.45) is 0 Å². The second-order valence-corrected chi connectivity index (χ2v) is 6.55. The minimum Gasteiger partial charge on any atom is -1.00 e. The van der Waals surface area contributed by atoms with Crippen LogP contribution in [0.2, 0.25) is 0 Å². The molecular weight excluding hydrogens is 353 g/mol. The van der Waals surface area contributed by atoms with Crippen LogP contribution >= 0.6 is 0 Å². The van der Waals surface area contributed by atoms with E-state index in [2.05, 4.69) is 23.5 Å². The Labute approximate surface area is 187 Å². The molecule has 0 aromatic rings. The van der Waals surface area contributed by atoms with E-state index in [0.29, 0.717) is 38.6 Å². The molecule has 0 spiro atoms. The predicted molar refractivity (Wildman–Crippen MR) is 102 cm³/mol. The molecule has 0 radical (unpaired) electrons. The van der Waals surface area contributed by atoms with Gasteiger partial charge in [0, 0.05) is 25.7 Å². The molecule has 1 atom stereocenters. The van der Waals surface area contributed by atoms with E-state index in [1.54, 1.807) is 11.0 Å². The molecule has 0 aromatic carbocycles. The van der Waals surface area contributed by atoms with Gasteiger partial charge in [-0.05, 0) is 31.8 Å². The van der Waals surface area contributed by atoms with Crippen molar-refractivity contribution in [1.82, 2.24) is 4.90 Å². The number of carbonyl (C=O) groups is 3. The first-order valence-electron chi connectivity index (χ1n) is 9.61. The monoisotopic (exact) mass is 385 g/mol. The van der Waals surface area contributed by atoms with Gasteiger partial charge in [-0.3, -0.25) is 14.4 Å². The second kappa shape index (κ2) is 15.9. The van der Waals surface area contributed by atoms with Gasteiger partial charge in [0.25, 0.3) is 0 Å². The van der Waals surface area contributed by atoms with Crippen molar-refractivity contribution in [3.05, 3.63) is 12.2 Å². The van der Waals surface area contributed by atoms with Gasteiger partial charge in [0.2, 0.25) is 5.91 Å². The van der Waals surface area contributed by atoms with Gasteiger partial charge >= 0.3 is 35.5 Å². The van der Waals surface area contributed by atoms with Gasteiger partial charge in [0.1, 0.15) is 0 Å². The number of unbranched alkanes of at least 4 members (excludes halogenated alkanes) is 3. The maximum atomic E-state index is 12.2. The molecule has 5 nitrogen and oxygen atoms in total. The van der Waals surface area contributed by atoms with E-state index in [4.69, 9.17) is 0 Å². The molecule has 1 aliphatic heterocycles. The first-order chi connectivity index (χ1) is 12.6. The van der Waals surface area contributed by atoms with Crippen molar-refractivity contribution in [2.45, 2.75) is 77.2 Å². The topological polar surface area (TPSA) is 63.7 Å². The molecule has 1 amide bonds. The van der Waals surface area contributed by atoms with Gasteiger partial charge in [-0.2, -0.15) is 0 Å². The van der Waals surface area contributed by atoms with Crippen LogP contribution in [-0.4, -0.2) is 42.3 Å². The van der Waals surface area contributed by atoms with Crippen LogP contribution in [-0.2, 0) is 19.1 Å². The predicted octanol–water partition coefficient (Wildman–Crippen LogP) is 0.536. The van der Waals surface area contributed by atoms with Gasteiger partial charge in [0.15, 0.2) is 5.78 Å². The summed E-state index contributed by atoms with van der Waals surface area (Å²) >= 11 is 0. The van der Waals surface area contributed by atoms with E-state index in [-0.39, 0.29) is 54.7 Å². The van der Waals surface area contributed by atoms with Crippen molar-refractivity contribution in [3.63, 3.8) is 0 Å². The molecule has 0 N–H and O–H groups in total. The number of allylic oxidation sites excluding steroid dienone is 1. The number of ketones is 1. The SMILES string of the molecule is CCCCCC(=O)/C=C/[C@H]1CCCC(=O)N1CC#CCCCC(=O)OC.[H-].[Na+]. The average molecular weight is 385 g/mol. The van der Waals surface area contributed by atoms with Crippen LogP contribution in [0.5, 0.6) is 0 Å². The maximum Gasteiger partial charge on any atom is 1.00 e. The maximum absolute atomic E-state index is 12.2. The average Bonchev–Trinajstić information content (AvgIpc) is 2.64. The second-order valence-electron chi connectivity index (χ2n) is 6.55. The van der Waals surface area contributed by atoms with Crippen LogP contribution in [0.15, 0.2) is 12.2 Å². The van der Waals surface area contributed by atoms with Crippen molar-refractivity contribution in [1.29, 1.82) is 0 Å². The van der Waals surface area contributed by atoms with Crippen LogP contribution < -0.4 is 29.6 Å². The van der Waals surface area contributed by atoms with Crippen molar-refractivity contribution in [3.8, 4) is 11.8 Å². The van der Waals surface area contributed by atoms with Crippen molar-refractivity contribution >= 4 is 17.7 Å². The zero-order valence-corrected chi connectivity index (χ0v) is 19.1. The number of methoxy groups -OCH3 is 1. The Morgan fingerprint density at radius 2 is 2.04 bits per heavy atom. The fourth-order valence-corrected chi connectivity index (χ4v) is 2.86. The number of rotatable bonds is 10. The number of hydrogen-bond acceptors (Lipinski definition) is 4. The number of likely N-dealkylation sites (tertiary alicyclic amines) is 1. The summed E-state index contributed by atoms with van der Waals surface area (Å²) in [6, 6.07) is -0.0456. The number of piperidine rings is 1. The number of hydrogen-bond donors (Lipinski definition) is 0. The summed E-state index contributed by atoms with van der Waals surface area (Å²) in [5.41, 5.74) is 0. The third-order valence-corrected chi connectivity index (χ3v) is 4.43. The Bertz CT molecular complexity index is 568. The molecule has 0 unspecified atom stereocenters. The Hall–Kier alpha value is -1.09. The molecule has 1 fully saturated rings. The number of nitrogens with zero attached hydrogens (tertiary/aromatic N) is 1. The standard InChI is InChI=1S/C21H31NO4.Na.H/c1-3-4-7-12-19(23)16-15-18-11-10-13-20(24)22(18)17-9-6-5-8-14-21(25)26-2;;/h15-16,18H,3-5,7-8,10-14,17H2,1-2H3;;/q;+1;-1/b16-15+;;/t18-;;/m1../s1. The summed E-state index contributed by atoms with van der Waals surface area (Å²) in [7, 11) is 1.37. The van der Waals surface area contributed by atoms with Crippen LogP contribution in [0.1, 0.15) is 72.6 Å². The molecule has 0 saturated carbocycles. The minimum atomic E-state index is -0.230. The van der Waals surface area contributed by atoms with Crippen molar-refractivity contribution < 1.29 is 50.1 Å². The van der Waals surface area contributed by atoms with Crippen LogP contribution in [0.25, 0.3) is 0 Å². The molecule has 1 rings (SSSR count). The minimum absolute atomic E-state index is 0. The Kier molecular flexibility index (Phi) is 15.3. The van der Waals surface area contributed by atoms with Crippen LogP contribution in [0.3, 0.4) is 0 Å². The molecule has 0 aliphatic carbocycles. The number of ether oxygens (including phenoxy) is 1. The summed E-state index contributed by atoms with van der Waals surface area (Å²) in [6.45, 7) is 2.48. The first-order valence-corrected chi connectivity index (χ1v) is 9.61. The third kappa shape index (κ3) is 11.4. The zero-order valence-electron chi connectivity index (χ0n) is 18.1. The molecule has 0 bridgehead atoms. The fraction of sp³-hybridized carbons (Fsp3) is 0.667. The van der Waals surface area contributed by atoms with Gasteiger partial charge in [0.05, 0.1) is 19.7 Å². The molecule has 0 aromatic heterocycles. The van der Waals surface area contributed by atoms with E-state index in [1.807, 2.05) is 6.08 Å². The number of esters is 1. The van der Waals surface area contributed by atoms with E-state index in [1.165, 1.54) is 7.11 Å². The van der Waals surface area contributed by atoms with Gasteiger partial charge in [-0.15, -0.1) is 5.92 Å². The van der Waals surface area contributed by atoms with Gasteiger partial charge in [-0.25, -0.2) is 0 Å². The molecule has 1 saturated heterocycles. The van der Waals surface area contributed by atoms with E-state index in [0.717, 1.165) is 32.1 Å². The molecule has 1 heterocycles. The zero-order chi connectivity index (χ0) is 19.2. The summed E-state index contributed by atoms with van der Waals surface area (Å²) in [4.78, 5) is 36.9. The van der Waals surface area contributed by atoms with Gasteiger partial charge in [-0.1, -0.05) is 31.8 Å². The largest absolute Gasteiger partial charge is 1.00 e. The Morgan fingerprint density at radius 1 is 1.26 bits per heavy atom. The molecule has 6 heteroatoms. The Morgan fingerprint density at radius 3 is 2.74 bits per heavy atom. The molecule has 146 valence electrons. The number of carbonyl (C=O) groups excluding carboxylic acids is 3. The van der Waals surface area contributed by atoms with Crippen LogP contribution in [0, 0.1) is 11.8 Å². The normalized spacial score (nSPS) is 16.4. The summed E-state index contributed by atoms with van der Waals surface area (Å²) in [5, 5.41) is 0. The van der Waals surface area contributed by atoms with Crippen LogP contribution in [0.4, 0.5) is 0 Å². The smallest absolute Gasteiger partial charge is 1.00 e. The van der Waals surface area contributed by atoms with Crippen molar-refractivity contribution in [2.75, 3.05) is 13.7 Å². The number of amides is 1. The van der Waals surface area contributed by atoms with E-state index >= 15 is 0 Å². The quantitative estimate of drug-likeness (QED) is 0.181. The molecular formula is C21H32NNaO4. The summed E-state index contributed by atoms with van der Waals surface area (Å²) in [6.07, 6.45) is 11.0. The third-order valence-electron chi connectivity index (χ3n) is 4.43. The summed E-state index contributed by atoms with van der Waals surface area (Å²) < 4.78 is 4.58. The summed E-state index contributed by atoms with van der Waals surface area (Å²) in [5.74, 6) is 6.02. The molecule has 1 aliphatic rings. The molecule has 27 heavy (non-hydrogen) atoms. The van der Waals surface area contributed by atoms with E-state index in [9.17, 15) is 14.4 Å².